The minimum Gasteiger partial charge on any atom is -0.466 e. The van der Waals surface area contributed by atoms with E-state index in [2.05, 4.69) is 52.8 Å². The van der Waals surface area contributed by atoms with Crippen LogP contribution in [0.3, 0.4) is 0 Å². The molecule has 2 rings (SSSR count). The molecule has 0 saturated carbocycles. The van der Waals surface area contributed by atoms with E-state index >= 15 is 0 Å². The molecule has 0 amide bonds. The van der Waals surface area contributed by atoms with E-state index in [4.69, 9.17) is 6.15 Å². The molecule has 0 radical (unpaired) electrons. The van der Waals surface area contributed by atoms with Gasteiger partial charge in [-0.3, -0.25) is 4.79 Å². The number of aryl methyl sites for hydroxylation is 1. The number of ether oxygens (including phenoxy) is 1. The molecule has 0 fully saturated rings. The molecule has 1 aliphatic rings. The average molecular weight is 318 g/mol. The molecular weight excluding hydrogens is 286 g/mol. The zero-order chi connectivity index (χ0) is 18.1. The van der Waals surface area contributed by atoms with Gasteiger partial charge in [0.25, 0.3) is 0 Å². The van der Waals surface area contributed by atoms with Crippen LogP contribution in [-0.4, -0.2) is 18.1 Å². The number of hydrogen-bond acceptors (Lipinski definition) is 3. The van der Waals surface area contributed by atoms with Crippen LogP contribution in [0.1, 0.15) is 70.7 Å². The Bertz CT molecular complexity index is 608. The maximum atomic E-state index is 11.6. The Hall–Kier alpha value is -1.35. The highest BCUT2D eigenvalue weighted by molar-refractivity contribution is 5.69. The molecule has 2 atom stereocenters. The summed E-state index contributed by atoms with van der Waals surface area (Å²) in [7, 11) is 0. The lowest BCUT2D eigenvalue weighted by Crippen LogP contribution is -2.57. The summed E-state index contributed by atoms with van der Waals surface area (Å²) in [5.41, 5.74) is 3.49. The van der Waals surface area contributed by atoms with Crippen LogP contribution in [-0.2, 0) is 22.4 Å². The molecule has 1 N–H and O–H groups in total. The number of nitrogens with one attached hydrogen (secondary N) is 1. The molecular formula is C20H31NO2. The summed E-state index contributed by atoms with van der Waals surface area (Å²) in [4.78, 5) is 11.6. The molecule has 0 aromatic heterocycles. The lowest BCUT2D eigenvalue weighted by atomic mass is 9.68. The van der Waals surface area contributed by atoms with Gasteiger partial charge in [0.2, 0.25) is 0 Å². The molecule has 0 bridgehead atoms. The predicted molar refractivity (Wildman–Crippen MR) is 94.5 cm³/mol. The van der Waals surface area contributed by atoms with Gasteiger partial charge in [0.1, 0.15) is 1.41 Å². The molecule has 0 aliphatic carbocycles. The van der Waals surface area contributed by atoms with Crippen molar-refractivity contribution in [3.05, 3.63) is 34.9 Å². The Balaban J connectivity index is 2.26. The number of carbonyl (C=O) groups is 1. The van der Waals surface area contributed by atoms with E-state index in [0.717, 1.165) is 6.42 Å². The SMILES string of the molecule is [2H]N1C(C)c2ccc(CCC(=O)OCC)cc2CC1(C)C(C)(C)C. The van der Waals surface area contributed by atoms with E-state index in [-0.39, 0.29) is 23.0 Å². The molecule has 1 heterocycles. The number of rotatable bonds is 4. The highest BCUT2D eigenvalue weighted by Gasteiger charge is 2.41. The molecule has 1 aromatic carbocycles. The van der Waals surface area contributed by atoms with Crippen LogP contribution in [0.15, 0.2) is 18.2 Å². The van der Waals surface area contributed by atoms with E-state index in [9.17, 15) is 4.79 Å². The quantitative estimate of drug-likeness (QED) is 0.846. The zero-order valence-corrected chi connectivity index (χ0v) is 15.4. The molecule has 3 nitrogen and oxygen atoms in total. The van der Waals surface area contributed by atoms with E-state index < -0.39 is 0 Å². The monoisotopic (exact) mass is 318 g/mol. The lowest BCUT2D eigenvalue weighted by molar-refractivity contribution is -0.143. The molecule has 2 unspecified atom stereocenters. The van der Waals surface area contributed by atoms with Crippen LogP contribution in [0, 0.1) is 5.41 Å². The van der Waals surface area contributed by atoms with Crippen LogP contribution in [0.25, 0.3) is 0 Å². The summed E-state index contributed by atoms with van der Waals surface area (Å²) >= 11 is 0. The Kier molecular flexibility index (Phi) is 4.77. The maximum absolute atomic E-state index is 11.6. The first-order chi connectivity index (χ1) is 11.1. The number of fused-ring (bicyclic) bond motifs is 1. The molecule has 1 aromatic rings. The number of carbonyl (C=O) groups excluding carboxylic acids is 1. The Morgan fingerprint density at radius 2 is 2.17 bits per heavy atom. The lowest BCUT2D eigenvalue weighted by Gasteiger charge is -2.48. The van der Waals surface area contributed by atoms with Crippen molar-refractivity contribution in [2.24, 2.45) is 5.41 Å². The first-order valence-electron chi connectivity index (χ1n) is 9.10. The third kappa shape index (κ3) is 3.95. The molecule has 3 heteroatoms. The third-order valence-electron chi connectivity index (χ3n) is 5.21. The van der Waals surface area contributed by atoms with Crippen molar-refractivity contribution in [2.75, 3.05) is 6.61 Å². The van der Waals surface area contributed by atoms with Gasteiger partial charge in [-0.15, -0.1) is 0 Å². The van der Waals surface area contributed by atoms with Crippen molar-refractivity contribution in [1.29, 1.82) is 0 Å². The summed E-state index contributed by atoms with van der Waals surface area (Å²) in [6, 6.07) is 6.51. The fourth-order valence-electron chi connectivity index (χ4n) is 3.23. The van der Waals surface area contributed by atoms with Crippen molar-refractivity contribution in [1.82, 2.24) is 5.31 Å². The van der Waals surface area contributed by atoms with E-state index in [1.807, 2.05) is 6.92 Å². The maximum Gasteiger partial charge on any atom is 0.306 e. The standard InChI is InChI=1S/C20H31NO2/c1-7-23-18(22)11-9-15-8-10-17-14(2)21-20(6,19(3,4)5)13-16(17)12-15/h8,10,12,14,21H,7,9,11,13H2,1-6H3/i/hD. The summed E-state index contributed by atoms with van der Waals surface area (Å²) in [5, 5.41) is 1.77. The second-order valence-electron chi connectivity index (χ2n) is 7.84. The first kappa shape index (κ1) is 16.5. The number of esters is 1. The van der Waals surface area contributed by atoms with Crippen LogP contribution in [0.2, 0.25) is 1.41 Å². The second kappa shape index (κ2) is 6.64. The number of benzene rings is 1. The molecule has 1 aliphatic heterocycles. The van der Waals surface area contributed by atoms with Gasteiger partial charge in [-0.25, -0.2) is 0 Å². The average Bonchev–Trinajstić information content (AvgIpc) is 2.50. The summed E-state index contributed by atoms with van der Waals surface area (Å²) in [6.45, 7) is 13.2. The van der Waals surface area contributed by atoms with Crippen molar-refractivity contribution in [2.45, 2.75) is 72.4 Å². The smallest absolute Gasteiger partial charge is 0.306 e. The van der Waals surface area contributed by atoms with Gasteiger partial charge in [0, 0.05) is 18.0 Å². The summed E-state index contributed by atoms with van der Waals surface area (Å²) < 4.78 is 13.6. The molecule has 0 spiro atoms. The highest BCUT2D eigenvalue weighted by atomic mass is 16.5. The van der Waals surface area contributed by atoms with Crippen molar-refractivity contribution in [3.8, 4) is 0 Å². The summed E-state index contributed by atoms with van der Waals surface area (Å²) in [5.74, 6) is -0.138. The minimum absolute atomic E-state index is 0.00162. The van der Waals surface area contributed by atoms with Crippen LogP contribution in [0.4, 0.5) is 0 Å². The van der Waals surface area contributed by atoms with Crippen molar-refractivity contribution in [3.63, 3.8) is 0 Å². The van der Waals surface area contributed by atoms with E-state index in [1.54, 1.807) is 5.31 Å². The van der Waals surface area contributed by atoms with E-state index in [0.29, 0.717) is 19.4 Å². The van der Waals surface area contributed by atoms with Gasteiger partial charge in [0.15, 0.2) is 0 Å². The first-order valence-corrected chi connectivity index (χ1v) is 8.65. The van der Waals surface area contributed by atoms with Crippen LogP contribution < -0.4 is 5.31 Å². The highest BCUT2D eigenvalue weighted by Crippen LogP contribution is 2.40. The number of hydrogen-bond donors (Lipinski definition) is 1. The second-order valence-corrected chi connectivity index (χ2v) is 7.84. The zero-order valence-electron chi connectivity index (χ0n) is 16.4. The normalized spacial score (nSPS) is 25.7. The molecule has 128 valence electrons. The van der Waals surface area contributed by atoms with Crippen molar-refractivity contribution < 1.29 is 10.9 Å². The van der Waals surface area contributed by atoms with Gasteiger partial charge in [-0.05, 0) is 55.7 Å². The fourth-order valence-corrected chi connectivity index (χ4v) is 3.23. The largest absolute Gasteiger partial charge is 0.466 e. The van der Waals surface area contributed by atoms with Gasteiger partial charge in [-0.2, -0.15) is 0 Å². The van der Waals surface area contributed by atoms with Gasteiger partial charge >= 0.3 is 5.97 Å². The topological polar surface area (TPSA) is 38.3 Å². The molecule has 23 heavy (non-hydrogen) atoms. The minimum atomic E-state index is -0.223. The van der Waals surface area contributed by atoms with Crippen molar-refractivity contribution >= 4 is 5.97 Å². The third-order valence-corrected chi connectivity index (χ3v) is 5.21. The van der Waals surface area contributed by atoms with E-state index in [1.165, 1.54) is 16.7 Å². The van der Waals surface area contributed by atoms with Crippen LogP contribution >= 0.6 is 0 Å². The fraction of sp³-hybridized carbons (Fsp3) is 0.650. The predicted octanol–water partition coefficient (Wildman–Crippen LogP) is 4.19. The summed E-state index contributed by atoms with van der Waals surface area (Å²) in [6.07, 6.45) is 1.98. The van der Waals surface area contributed by atoms with Gasteiger partial charge in [0.05, 0.1) is 6.61 Å². The Morgan fingerprint density at radius 3 is 2.78 bits per heavy atom. The van der Waals surface area contributed by atoms with Gasteiger partial charge < -0.3 is 10.0 Å². The Labute approximate surface area is 142 Å². The van der Waals surface area contributed by atoms with Gasteiger partial charge in [-0.1, -0.05) is 39.0 Å². The Morgan fingerprint density at radius 1 is 1.48 bits per heavy atom. The molecule has 0 saturated heterocycles. The van der Waals surface area contributed by atoms with Crippen LogP contribution in [0.5, 0.6) is 0 Å².